The van der Waals surface area contributed by atoms with E-state index in [1.807, 2.05) is 0 Å². The number of ketones is 1. The number of carbonyl (C=O) groups is 1. The van der Waals surface area contributed by atoms with E-state index in [1.54, 1.807) is 0 Å². The summed E-state index contributed by atoms with van der Waals surface area (Å²) in [4.78, 5) is 19.3. The van der Waals surface area contributed by atoms with Crippen molar-refractivity contribution >= 4 is 14.0 Å². The SMILES string of the molecule is O=C(CO[P+](=O)O)C(F)(F)C1CCCC1. The van der Waals surface area contributed by atoms with Gasteiger partial charge in [-0.15, -0.1) is 9.42 Å². The first-order valence-electron chi connectivity index (χ1n) is 4.64. The molecule has 4 nitrogen and oxygen atoms in total. The van der Waals surface area contributed by atoms with E-state index in [1.165, 1.54) is 0 Å². The van der Waals surface area contributed by atoms with Crippen LogP contribution in [0.1, 0.15) is 25.7 Å². The van der Waals surface area contributed by atoms with Gasteiger partial charge in [0.1, 0.15) is 0 Å². The second kappa shape index (κ2) is 5.05. The molecule has 1 N–H and O–H groups in total. The van der Waals surface area contributed by atoms with Gasteiger partial charge in [-0.3, -0.25) is 4.79 Å². The van der Waals surface area contributed by atoms with Gasteiger partial charge in [0.25, 0.3) is 0 Å². The van der Waals surface area contributed by atoms with Crippen LogP contribution < -0.4 is 0 Å². The predicted molar refractivity (Wildman–Crippen MR) is 47.7 cm³/mol. The van der Waals surface area contributed by atoms with E-state index in [-0.39, 0.29) is 0 Å². The summed E-state index contributed by atoms with van der Waals surface area (Å²) in [5.74, 6) is -5.78. The highest BCUT2D eigenvalue weighted by Crippen LogP contribution is 2.38. The number of rotatable bonds is 5. The quantitative estimate of drug-likeness (QED) is 0.748. The van der Waals surface area contributed by atoms with Crippen molar-refractivity contribution in [3.63, 3.8) is 0 Å². The zero-order chi connectivity index (χ0) is 11.5. The van der Waals surface area contributed by atoms with Crippen LogP contribution >= 0.6 is 8.25 Å². The first-order valence-corrected chi connectivity index (χ1v) is 5.77. The van der Waals surface area contributed by atoms with Crippen molar-refractivity contribution in [1.82, 2.24) is 0 Å². The lowest BCUT2D eigenvalue weighted by molar-refractivity contribution is -0.153. The summed E-state index contributed by atoms with van der Waals surface area (Å²) < 4.78 is 40.8. The number of halogens is 2. The Morgan fingerprint density at radius 3 is 2.47 bits per heavy atom. The van der Waals surface area contributed by atoms with Crippen molar-refractivity contribution in [1.29, 1.82) is 0 Å². The van der Waals surface area contributed by atoms with Crippen LogP contribution in [0, 0.1) is 5.92 Å². The fourth-order valence-corrected chi connectivity index (χ4v) is 1.95. The normalized spacial score (nSPS) is 19.3. The molecule has 0 amide bonds. The Hall–Kier alpha value is -0.450. The maximum Gasteiger partial charge on any atom is 0.695 e. The average Bonchev–Trinajstić information content (AvgIpc) is 2.66. The highest BCUT2D eigenvalue weighted by molar-refractivity contribution is 7.32. The lowest BCUT2D eigenvalue weighted by atomic mass is 9.96. The largest absolute Gasteiger partial charge is 0.695 e. The molecule has 0 aromatic carbocycles. The van der Waals surface area contributed by atoms with E-state index in [0.717, 1.165) is 0 Å². The molecule has 0 radical (unpaired) electrons. The fraction of sp³-hybridized carbons (Fsp3) is 0.875. The minimum absolute atomic E-state index is 0.323. The molecule has 1 aliphatic rings. The number of hydrogen-bond donors (Lipinski definition) is 1. The Labute approximate surface area is 86.6 Å². The number of carbonyl (C=O) groups excluding carboxylic acids is 1. The van der Waals surface area contributed by atoms with Crippen LogP contribution in [-0.2, 0) is 13.9 Å². The molecule has 0 aromatic rings. The van der Waals surface area contributed by atoms with Crippen LogP contribution in [0.2, 0.25) is 0 Å². The van der Waals surface area contributed by atoms with Gasteiger partial charge < -0.3 is 0 Å². The van der Waals surface area contributed by atoms with Crippen LogP contribution in [0.4, 0.5) is 8.78 Å². The van der Waals surface area contributed by atoms with Gasteiger partial charge in [-0.25, -0.2) is 0 Å². The van der Waals surface area contributed by atoms with Crippen LogP contribution in [-0.4, -0.2) is 23.2 Å². The number of Topliss-reactive ketones (excluding diaryl/α,β-unsaturated/α-hetero) is 1. The average molecular weight is 241 g/mol. The molecule has 0 bridgehead atoms. The van der Waals surface area contributed by atoms with E-state index < -0.39 is 32.5 Å². The first-order chi connectivity index (χ1) is 6.94. The van der Waals surface area contributed by atoms with Crippen LogP contribution in [0.15, 0.2) is 0 Å². The van der Waals surface area contributed by atoms with Gasteiger partial charge in [0.15, 0.2) is 6.61 Å². The van der Waals surface area contributed by atoms with E-state index in [4.69, 9.17) is 4.89 Å². The molecule has 1 unspecified atom stereocenters. The third kappa shape index (κ3) is 3.26. The summed E-state index contributed by atoms with van der Waals surface area (Å²) in [6.45, 7) is -1.00. The molecule has 1 atom stereocenters. The minimum Gasteiger partial charge on any atom is -0.290 e. The molecule has 1 aliphatic carbocycles. The Morgan fingerprint density at radius 1 is 1.47 bits per heavy atom. The van der Waals surface area contributed by atoms with Gasteiger partial charge in [-0.05, 0) is 12.8 Å². The molecule has 1 fully saturated rings. The molecule has 7 heteroatoms. The highest BCUT2D eigenvalue weighted by atomic mass is 31.1. The molecule has 0 aliphatic heterocycles. The molecule has 0 spiro atoms. The van der Waals surface area contributed by atoms with Crippen LogP contribution in [0.25, 0.3) is 0 Å². The molecule has 15 heavy (non-hydrogen) atoms. The van der Waals surface area contributed by atoms with Gasteiger partial charge in [0.05, 0.1) is 0 Å². The number of hydrogen-bond acceptors (Lipinski definition) is 3. The monoisotopic (exact) mass is 241 g/mol. The molecule has 1 rings (SSSR count). The van der Waals surface area contributed by atoms with Gasteiger partial charge in [-0.1, -0.05) is 12.8 Å². The molecule has 0 heterocycles. The van der Waals surface area contributed by atoms with Crippen molar-refractivity contribution < 1.29 is 27.6 Å². The van der Waals surface area contributed by atoms with E-state index in [2.05, 4.69) is 4.52 Å². The maximum atomic E-state index is 13.4. The Bertz CT molecular complexity index is 263. The van der Waals surface area contributed by atoms with E-state index in [0.29, 0.717) is 25.7 Å². The summed E-state index contributed by atoms with van der Waals surface area (Å²) in [6, 6.07) is 0. The first kappa shape index (κ1) is 12.6. The molecule has 1 saturated carbocycles. The van der Waals surface area contributed by atoms with Crippen LogP contribution in [0.5, 0.6) is 0 Å². The smallest absolute Gasteiger partial charge is 0.290 e. The molecule has 86 valence electrons. The lowest BCUT2D eigenvalue weighted by Crippen LogP contribution is -2.38. The summed E-state index contributed by atoms with van der Waals surface area (Å²) in [5, 5.41) is 0. The summed E-state index contributed by atoms with van der Waals surface area (Å²) in [7, 11) is -3.00. The van der Waals surface area contributed by atoms with E-state index in [9.17, 15) is 18.1 Å². The van der Waals surface area contributed by atoms with Crippen molar-refractivity contribution in [2.75, 3.05) is 6.61 Å². The second-order valence-corrected chi connectivity index (χ2v) is 4.27. The molecular formula is C8H12F2O4P+. The second-order valence-electron chi connectivity index (χ2n) is 3.54. The standard InChI is InChI=1S/C8H11F2O4P/c9-8(10,6-3-1-2-4-6)7(11)5-14-15(12)13/h6H,1-5H2/p+1. The Balaban J connectivity index is 2.51. The van der Waals surface area contributed by atoms with Crippen molar-refractivity contribution in [2.45, 2.75) is 31.6 Å². The Morgan fingerprint density at radius 2 is 2.00 bits per heavy atom. The minimum atomic E-state index is -3.43. The highest BCUT2D eigenvalue weighted by Gasteiger charge is 2.48. The maximum absolute atomic E-state index is 13.4. The molecule has 0 saturated heterocycles. The van der Waals surface area contributed by atoms with Gasteiger partial charge in [0, 0.05) is 10.5 Å². The lowest BCUT2D eigenvalue weighted by Gasteiger charge is -2.20. The van der Waals surface area contributed by atoms with Gasteiger partial charge in [-0.2, -0.15) is 8.78 Å². The van der Waals surface area contributed by atoms with Crippen molar-refractivity contribution in [2.24, 2.45) is 5.92 Å². The Kier molecular flexibility index (Phi) is 4.25. The summed E-state index contributed by atoms with van der Waals surface area (Å²) in [5.41, 5.74) is 0. The zero-order valence-corrected chi connectivity index (χ0v) is 8.88. The topological polar surface area (TPSA) is 63.6 Å². The third-order valence-electron chi connectivity index (χ3n) is 2.55. The summed E-state index contributed by atoms with van der Waals surface area (Å²) >= 11 is 0. The van der Waals surface area contributed by atoms with Crippen molar-refractivity contribution in [3.05, 3.63) is 0 Å². The summed E-state index contributed by atoms with van der Waals surface area (Å²) in [6.07, 6.45) is 2.04. The van der Waals surface area contributed by atoms with E-state index >= 15 is 0 Å². The van der Waals surface area contributed by atoms with Gasteiger partial charge in [0.2, 0.25) is 5.78 Å². The van der Waals surface area contributed by atoms with Crippen molar-refractivity contribution in [3.8, 4) is 0 Å². The predicted octanol–water partition coefficient (Wildman–Crippen LogP) is 2.05. The zero-order valence-electron chi connectivity index (χ0n) is 7.99. The third-order valence-corrected chi connectivity index (χ3v) is 2.90. The molecular weight excluding hydrogens is 229 g/mol. The van der Waals surface area contributed by atoms with Crippen LogP contribution in [0.3, 0.4) is 0 Å². The number of alkyl halides is 2. The molecule has 0 aromatic heterocycles. The fourth-order valence-electron chi connectivity index (χ4n) is 1.73. The van der Waals surface area contributed by atoms with Gasteiger partial charge >= 0.3 is 14.2 Å².